The molecule has 5 heteroatoms. The second kappa shape index (κ2) is 7.19. The first-order valence-corrected chi connectivity index (χ1v) is 8.33. The molecule has 24 heavy (non-hydrogen) atoms. The summed E-state index contributed by atoms with van der Waals surface area (Å²) in [5.41, 5.74) is 1.03. The van der Waals surface area contributed by atoms with E-state index in [-0.39, 0.29) is 17.2 Å². The molecule has 0 unspecified atom stereocenters. The van der Waals surface area contributed by atoms with Crippen LogP contribution < -0.4 is 9.64 Å². The first-order valence-electron chi connectivity index (χ1n) is 7.45. The molecular formula is C19H17NO3S. The van der Waals surface area contributed by atoms with Crippen molar-refractivity contribution in [2.75, 3.05) is 12.0 Å². The number of phenols is 1. The van der Waals surface area contributed by atoms with Crippen LogP contribution in [0.2, 0.25) is 0 Å². The van der Waals surface area contributed by atoms with E-state index in [1.165, 1.54) is 6.07 Å². The van der Waals surface area contributed by atoms with Crippen molar-refractivity contribution < 1.29 is 14.6 Å². The lowest BCUT2D eigenvalue weighted by atomic mass is 10.1. The van der Waals surface area contributed by atoms with E-state index in [1.807, 2.05) is 41.8 Å². The molecule has 4 nitrogen and oxygen atoms in total. The van der Waals surface area contributed by atoms with Crippen molar-refractivity contribution in [2.45, 2.75) is 6.54 Å². The van der Waals surface area contributed by atoms with E-state index in [2.05, 4.69) is 0 Å². The van der Waals surface area contributed by atoms with E-state index in [0.717, 1.165) is 16.3 Å². The number of ether oxygens (including phenoxy) is 1. The Kier molecular flexibility index (Phi) is 4.82. The van der Waals surface area contributed by atoms with Gasteiger partial charge in [0.15, 0.2) is 0 Å². The zero-order chi connectivity index (χ0) is 16.9. The first kappa shape index (κ1) is 16.1. The normalized spacial score (nSPS) is 10.4. The SMILES string of the molecule is COc1ccc(N(Cc2cccs2)C(=O)c2ccccc2O)cc1. The first-order chi connectivity index (χ1) is 11.7. The van der Waals surface area contributed by atoms with Crippen LogP contribution >= 0.6 is 11.3 Å². The molecule has 1 amide bonds. The molecular weight excluding hydrogens is 322 g/mol. The molecule has 0 atom stereocenters. The summed E-state index contributed by atoms with van der Waals surface area (Å²) in [7, 11) is 1.60. The van der Waals surface area contributed by atoms with Crippen molar-refractivity contribution >= 4 is 22.9 Å². The van der Waals surface area contributed by atoms with E-state index in [0.29, 0.717) is 6.54 Å². The number of hydrogen-bond donors (Lipinski definition) is 1. The van der Waals surface area contributed by atoms with Crippen LogP contribution in [-0.4, -0.2) is 18.1 Å². The molecule has 1 N–H and O–H groups in total. The summed E-state index contributed by atoms with van der Waals surface area (Å²) in [5, 5.41) is 12.0. The monoisotopic (exact) mass is 339 g/mol. The van der Waals surface area contributed by atoms with Gasteiger partial charge >= 0.3 is 0 Å². The van der Waals surface area contributed by atoms with Crippen molar-refractivity contribution in [1.82, 2.24) is 0 Å². The minimum atomic E-state index is -0.244. The molecule has 0 radical (unpaired) electrons. The lowest BCUT2D eigenvalue weighted by Crippen LogP contribution is -2.30. The number of benzene rings is 2. The van der Waals surface area contributed by atoms with Gasteiger partial charge in [0.1, 0.15) is 11.5 Å². The third-order valence-electron chi connectivity index (χ3n) is 3.66. The molecule has 0 aliphatic rings. The van der Waals surface area contributed by atoms with Gasteiger partial charge in [0.2, 0.25) is 0 Å². The molecule has 1 heterocycles. The van der Waals surface area contributed by atoms with Gasteiger partial charge in [-0.3, -0.25) is 4.79 Å². The average molecular weight is 339 g/mol. The number of anilines is 1. The minimum absolute atomic E-state index is 0.0211. The van der Waals surface area contributed by atoms with Crippen molar-refractivity contribution in [3.05, 3.63) is 76.5 Å². The topological polar surface area (TPSA) is 49.8 Å². The summed E-state index contributed by atoms with van der Waals surface area (Å²) >= 11 is 1.59. The number of rotatable bonds is 5. The Morgan fingerprint density at radius 1 is 1.08 bits per heavy atom. The molecule has 3 rings (SSSR count). The van der Waals surface area contributed by atoms with E-state index in [1.54, 1.807) is 41.5 Å². The van der Waals surface area contributed by atoms with E-state index < -0.39 is 0 Å². The van der Waals surface area contributed by atoms with Crippen molar-refractivity contribution in [3.63, 3.8) is 0 Å². The number of methoxy groups -OCH3 is 1. The summed E-state index contributed by atoms with van der Waals surface area (Å²) in [4.78, 5) is 15.7. The zero-order valence-corrected chi connectivity index (χ0v) is 14.0. The number of carbonyl (C=O) groups is 1. The van der Waals surface area contributed by atoms with Crippen LogP contribution in [0.5, 0.6) is 11.5 Å². The van der Waals surface area contributed by atoms with Crippen LogP contribution in [0.1, 0.15) is 15.2 Å². The second-order valence-corrected chi connectivity index (χ2v) is 6.22. The number of nitrogens with zero attached hydrogens (tertiary/aromatic N) is 1. The fourth-order valence-corrected chi connectivity index (χ4v) is 3.09. The highest BCUT2D eigenvalue weighted by molar-refractivity contribution is 7.09. The Bertz CT molecular complexity index is 813. The number of phenolic OH excluding ortho intramolecular Hbond substituents is 1. The molecule has 0 fully saturated rings. The van der Waals surface area contributed by atoms with E-state index in [4.69, 9.17) is 4.74 Å². The largest absolute Gasteiger partial charge is 0.507 e. The van der Waals surface area contributed by atoms with E-state index in [9.17, 15) is 9.90 Å². The van der Waals surface area contributed by atoms with Gasteiger partial charge in [-0.2, -0.15) is 0 Å². The molecule has 2 aromatic carbocycles. The predicted octanol–water partition coefficient (Wildman–Crippen LogP) is 4.31. The molecule has 3 aromatic rings. The lowest BCUT2D eigenvalue weighted by molar-refractivity contribution is 0.0983. The van der Waals surface area contributed by atoms with Crippen LogP contribution in [0.15, 0.2) is 66.0 Å². The van der Waals surface area contributed by atoms with Gasteiger partial charge in [-0.25, -0.2) is 0 Å². The molecule has 0 aliphatic carbocycles. The van der Waals surface area contributed by atoms with Crippen LogP contribution in [0, 0.1) is 0 Å². The molecule has 0 aliphatic heterocycles. The molecule has 0 saturated heterocycles. The van der Waals surface area contributed by atoms with Crippen molar-refractivity contribution in [2.24, 2.45) is 0 Å². The summed E-state index contributed by atoms with van der Waals surface area (Å²) in [6.45, 7) is 0.442. The standard InChI is InChI=1S/C19H17NO3S/c1-23-15-10-8-14(9-11-15)20(13-16-5-4-12-24-16)19(22)17-6-2-3-7-18(17)21/h2-12,21H,13H2,1H3. The summed E-state index contributed by atoms with van der Waals surface area (Å²) in [5.74, 6) is 0.462. The lowest BCUT2D eigenvalue weighted by Gasteiger charge is -2.23. The smallest absolute Gasteiger partial charge is 0.262 e. The molecule has 122 valence electrons. The number of hydrogen-bond acceptors (Lipinski definition) is 4. The third-order valence-corrected chi connectivity index (χ3v) is 4.52. The van der Waals surface area contributed by atoms with Gasteiger partial charge in [0.05, 0.1) is 19.2 Å². The number of thiophene rings is 1. The van der Waals surface area contributed by atoms with Gasteiger partial charge < -0.3 is 14.7 Å². The maximum atomic E-state index is 13.0. The highest BCUT2D eigenvalue weighted by Crippen LogP contribution is 2.27. The maximum Gasteiger partial charge on any atom is 0.262 e. The Labute approximate surface area is 144 Å². The van der Waals surface area contributed by atoms with Crippen molar-refractivity contribution in [1.29, 1.82) is 0 Å². The van der Waals surface area contributed by atoms with Gasteiger partial charge in [-0.1, -0.05) is 18.2 Å². The minimum Gasteiger partial charge on any atom is -0.507 e. The Morgan fingerprint density at radius 3 is 2.46 bits per heavy atom. The van der Waals surface area contributed by atoms with Crippen LogP contribution in [0.25, 0.3) is 0 Å². The molecule has 0 bridgehead atoms. The summed E-state index contributed by atoms with van der Waals surface area (Å²) in [6, 6.07) is 17.8. The second-order valence-electron chi connectivity index (χ2n) is 5.19. The quantitative estimate of drug-likeness (QED) is 0.753. The van der Waals surface area contributed by atoms with Crippen LogP contribution in [0.3, 0.4) is 0 Å². The number of carbonyl (C=O) groups excluding carboxylic acids is 1. The Morgan fingerprint density at radius 2 is 1.83 bits per heavy atom. The van der Waals surface area contributed by atoms with Gasteiger partial charge in [-0.05, 0) is 47.8 Å². The van der Waals surface area contributed by atoms with Gasteiger partial charge in [0.25, 0.3) is 5.91 Å². The number of amides is 1. The zero-order valence-electron chi connectivity index (χ0n) is 13.2. The van der Waals surface area contributed by atoms with Crippen LogP contribution in [0.4, 0.5) is 5.69 Å². The van der Waals surface area contributed by atoms with Gasteiger partial charge in [0, 0.05) is 10.6 Å². The highest BCUT2D eigenvalue weighted by Gasteiger charge is 2.21. The Hall–Kier alpha value is -2.79. The molecule has 0 saturated carbocycles. The Balaban J connectivity index is 1.97. The van der Waals surface area contributed by atoms with Crippen LogP contribution in [-0.2, 0) is 6.54 Å². The van der Waals surface area contributed by atoms with E-state index >= 15 is 0 Å². The van der Waals surface area contributed by atoms with Crippen molar-refractivity contribution in [3.8, 4) is 11.5 Å². The summed E-state index contributed by atoms with van der Waals surface area (Å²) in [6.07, 6.45) is 0. The third kappa shape index (κ3) is 3.41. The highest BCUT2D eigenvalue weighted by atomic mass is 32.1. The fourth-order valence-electron chi connectivity index (χ4n) is 2.40. The number of para-hydroxylation sites is 1. The van der Waals surface area contributed by atoms with Gasteiger partial charge in [-0.15, -0.1) is 11.3 Å². The maximum absolute atomic E-state index is 13.0. The molecule has 1 aromatic heterocycles. The molecule has 0 spiro atoms. The number of aromatic hydroxyl groups is 1. The fraction of sp³-hybridized carbons (Fsp3) is 0.105. The predicted molar refractivity (Wildman–Crippen MR) is 95.9 cm³/mol. The average Bonchev–Trinajstić information content (AvgIpc) is 3.13. The summed E-state index contributed by atoms with van der Waals surface area (Å²) < 4.78 is 5.18.